The lowest BCUT2D eigenvalue weighted by Gasteiger charge is -2.30. The quantitative estimate of drug-likeness (QED) is 0.621. The molecule has 17 heavy (non-hydrogen) atoms. The molecule has 1 saturated carbocycles. The molecule has 0 aliphatic heterocycles. The minimum absolute atomic E-state index is 0.414. The Kier molecular flexibility index (Phi) is 3.67. The van der Waals surface area contributed by atoms with Crippen LogP contribution in [0.5, 0.6) is 0 Å². The molecule has 1 aromatic carbocycles. The van der Waals surface area contributed by atoms with Crippen LogP contribution in [-0.4, -0.2) is 12.0 Å². The summed E-state index contributed by atoms with van der Waals surface area (Å²) >= 11 is 0. The van der Waals surface area contributed by atoms with Crippen molar-refractivity contribution in [2.45, 2.75) is 39.2 Å². The predicted octanol–water partition coefficient (Wildman–Crippen LogP) is 2.77. The van der Waals surface area contributed by atoms with Crippen LogP contribution >= 0.6 is 0 Å². The second-order valence-electron chi connectivity index (χ2n) is 4.82. The first-order valence-electron chi connectivity index (χ1n) is 6.38. The Balaban J connectivity index is 1.99. The van der Waals surface area contributed by atoms with Gasteiger partial charge in [-0.2, -0.15) is 0 Å². The molecule has 2 unspecified atom stereocenters. The van der Waals surface area contributed by atoms with Crippen molar-refractivity contribution >= 4 is 11.6 Å². The van der Waals surface area contributed by atoms with E-state index in [1.165, 1.54) is 18.4 Å². The van der Waals surface area contributed by atoms with E-state index in [1.807, 2.05) is 12.1 Å². The van der Waals surface area contributed by atoms with Gasteiger partial charge in [-0.1, -0.05) is 26.0 Å². The number of hydrogen-bond donors (Lipinski definition) is 2. The molecule has 3 heteroatoms. The molecule has 0 radical (unpaired) electrons. The Hall–Kier alpha value is -1.51. The van der Waals surface area contributed by atoms with Crippen LogP contribution in [0, 0.1) is 5.92 Å². The van der Waals surface area contributed by atoms with Gasteiger partial charge in [0, 0.05) is 5.69 Å². The molecule has 1 aliphatic rings. The number of guanidine groups is 1. The second kappa shape index (κ2) is 5.21. The third kappa shape index (κ3) is 2.99. The van der Waals surface area contributed by atoms with Crippen LogP contribution in [-0.2, 0) is 6.42 Å². The first kappa shape index (κ1) is 12.0. The molecule has 2 rings (SSSR count). The van der Waals surface area contributed by atoms with Gasteiger partial charge in [0.2, 0.25) is 0 Å². The molecule has 0 saturated heterocycles. The summed E-state index contributed by atoms with van der Waals surface area (Å²) in [5.41, 5.74) is 8.24. The Morgan fingerprint density at radius 2 is 2.29 bits per heavy atom. The average Bonchev–Trinajstić information content (AvgIpc) is 2.34. The summed E-state index contributed by atoms with van der Waals surface area (Å²) < 4.78 is 0. The van der Waals surface area contributed by atoms with Gasteiger partial charge in [0.1, 0.15) is 0 Å². The standard InChI is InChI=1S/C14H21N3/c1-3-11-5-4-6-12(9-11)16-14(15)17-13-8-7-10(13)2/h4-6,9-10,13H,3,7-8H2,1-2H3,(H3,15,16,17). The molecule has 0 heterocycles. The number of aliphatic imine (C=N–C) groups is 1. The lowest BCUT2D eigenvalue weighted by atomic mass is 9.82. The zero-order chi connectivity index (χ0) is 12.3. The summed E-state index contributed by atoms with van der Waals surface area (Å²) in [6, 6.07) is 8.71. The van der Waals surface area contributed by atoms with E-state index in [0.717, 1.165) is 12.1 Å². The molecule has 92 valence electrons. The van der Waals surface area contributed by atoms with Crippen LogP contribution in [0.3, 0.4) is 0 Å². The predicted molar refractivity (Wildman–Crippen MR) is 73.3 cm³/mol. The van der Waals surface area contributed by atoms with Gasteiger partial charge in [-0.25, -0.2) is 4.99 Å². The Morgan fingerprint density at radius 3 is 2.88 bits per heavy atom. The maximum atomic E-state index is 5.91. The summed E-state index contributed by atoms with van der Waals surface area (Å²) in [5.74, 6) is 1.21. The fourth-order valence-electron chi connectivity index (χ4n) is 2.07. The van der Waals surface area contributed by atoms with Crippen LogP contribution < -0.4 is 11.1 Å². The molecule has 0 amide bonds. The van der Waals surface area contributed by atoms with E-state index < -0.39 is 0 Å². The first-order chi connectivity index (χ1) is 8.19. The summed E-state index contributed by atoms with van der Waals surface area (Å²) in [6.45, 7) is 4.37. The maximum absolute atomic E-state index is 5.91. The van der Waals surface area contributed by atoms with Crippen LogP contribution in [0.4, 0.5) is 5.69 Å². The average molecular weight is 231 g/mol. The Bertz CT molecular complexity index is 412. The largest absolute Gasteiger partial charge is 0.370 e. The van der Waals surface area contributed by atoms with Crippen LogP contribution in [0.2, 0.25) is 0 Å². The summed E-state index contributed by atoms with van der Waals surface area (Å²) in [4.78, 5) is 4.50. The molecule has 1 fully saturated rings. The molecule has 1 aromatic rings. The van der Waals surface area contributed by atoms with Crippen molar-refractivity contribution in [2.75, 3.05) is 5.32 Å². The van der Waals surface area contributed by atoms with Crippen molar-refractivity contribution < 1.29 is 0 Å². The van der Waals surface area contributed by atoms with Crippen molar-refractivity contribution in [1.29, 1.82) is 0 Å². The smallest absolute Gasteiger partial charge is 0.193 e. The topological polar surface area (TPSA) is 50.4 Å². The van der Waals surface area contributed by atoms with Gasteiger partial charge in [-0.3, -0.25) is 0 Å². The van der Waals surface area contributed by atoms with Crippen molar-refractivity contribution in [1.82, 2.24) is 0 Å². The van der Waals surface area contributed by atoms with E-state index in [9.17, 15) is 0 Å². The minimum atomic E-state index is 0.414. The number of hydrogen-bond acceptors (Lipinski definition) is 1. The van der Waals surface area contributed by atoms with E-state index in [1.54, 1.807) is 0 Å². The van der Waals surface area contributed by atoms with E-state index in [-0.39, 0.29) is 0 Å². The molecule has 3 N–H and O–H groups in total. The number of anilines is 1. The van der Waals surface area contributed by atoms with Crippen LogP contribution in [0.1, 0.15) is 32.3 Å². The van der Waals surface area contributed by atoms with Gasteiger partial charge in [-0.15, -0.1) is 0 Å². The molecule has 0 aromatic heterocycles. The second-order valence-corrected chi connectivity index (χ2v) is 4.82. The minimum Gasteiger partial charge on any atom is -0.370 e. The maximum Gasteiger partial charge on any atom is 0.193 e. The van der Waals surface area contributed by atoms with E-state index >= 15 is 0 Å². The van der Waals surface area contributed by atoms with E-state index in [2.05, 4.69) is 36.3 Å². The number of rotatable bonds is 3. The van der Waals surface area contributed by atoms with Crippen molar-refractivity contribution in [3.63, 3.8) is 0 Å². The highest BCUT2D eigenvalue weighted by Crippen LogP contribution is 2.29. The van der Waals surface area contributed by atoms with Crippen molar-refractivity contribution in [3.8, 4) is 0 Å². The van der Waals surface area contributed by atoms with Crippen LogP contribution in [0.25, 0.3) is 0 Å². The van der Waals surface area contributed by atoms with Gasteiger partial charge in [0.15, 0.2) is 5.96 Å². The summed E-state index contributed by atoms with van der Waals surface area (Å²) in [7, 11) is 0. The van der Waals surface area contributed by atoms with Crippen LogP contribution in [0.15, 0.2) is 29.3 Å². The molecule has 2 atom stereocenters. The normalized spacial score (nSPS) is 24.2. The summed E-state index contributed by atoms with van der Waals surface area (Å²) in [6.07, 6.45) is 3.47. The lowest BCUT2D eigenvalue weighted by molar-refractivity contribution is 0.284. The van der Waals surface area contributed by atoms with Gasteiger partial charge >= 0.3 is 0 Å². The molecular weight excluding hydrogens is 210 g/mol. The highest BCUT2D eigenvalue weighted by Gasteiger charge is 2.26. The van der Waals surface area contributed by atoms with Gasteiger partial charge in [-0.05, 0) is 42.9 Å². The number of nitrogens with two attached hydrogens (primary N) is 1. The van der Waals surface area contributed by atoms with E-state index in [4.69, 9.17) is 5.73 Å². The number of nitrogens with one attached hydrogen (secondary N) is 1. The monoisotopic (exact) mass is 231 g/mol. The summed E-state index contributed by atoms with van der Waals surface area (Å²) in [5, 5.41) is 3.16. The Labute approximate surface area is 103 Å². The fourth-order valence-corrected chi connectivity index (χ4v) is 2.07. The zero-order valence-electron chi connectivity index (χ0n) is 10.6. The van der Waals surface area contributed by atoms with Crippen molar-refractivity contribution in [3.05, 3.63) is 29.8 Å². The number of nitrogens with zero attached hydrogens (tertiary/aromatic N) is 1. The highest BCUT2D eigenvalue weighted by molar-refractivity contribution is 5.92. The Morgan fingerprint density at radius 1 is 1.47 bits per heavy atom. The SMILES string of the molecule is CCc1cccc(NC(N)=NC2CCC2C)c1. The molecule has 1 aliphatic carbocycles. The fraction of sp³-hybridized carbons (Fsp3) is 0.500. The third-order valence-electron chi connectivity index (χ3n) is 3.49. The van der Waals surface area contributed by atoms with Gasteiger partial charge < -0.3 is 11.1 Å². The lowest BCUT2D eigenvalue weighted by Crippen LogP contribution is -2.32. The van der Waals surface area contributed by atoms with E-state index in [0.29, 0.717) is 17.9 Å². The third-order valence-corrected chi connectivity index (χ3v) is 3.49. The van der Waals surface area contributed by atoms with Crippen molar-refractivity contribution in [2.24, 2.45) is 16.6 Å². The first-order valence-corrected chi connectivity index (χ1v) is 6.38. The number of aryl methyl sites for hydroxylation is 1. The highest BCUT2D eigenvalue weighted by atomic mass is 15.1. The molecular formula is C14H21N3. The molecule has 0 spiro atoms. The van der Waals surface area contributed by atoms with Gasteiger partial charge in [0.05, 0.1) is 6.04 Å². The zero-order valence-corrected chi connectivity index (χ0v) is 10.6. The number of benzene rings is 1. The van der Waals surface area contributed by atoms with Gasteiger partial charge in [0.25, 0.3) is 0 Å². The molecule has 0 bridgehead atoms. The molecule has 3 nitrogen and oxygen atoms in total.